The van der Waals surface area contributed by atoms with Crippen molar-refractivity contribution < 1.29 is 27.5 Å². The maximum Gasteiger partial charge on any atom is 0.265 e. The molecule has 2 aliphatic heterocycles. The average Bonchev–Trinajstić information content (AvgIpc) is 2.78. The van der Waals surface area contributed by atoms with Crippen molar-refractivity contribution in [1.82, 2.24) is 4.31 Å². The van der Waals surface area contributed by atoms with E-state index in [2.05, 4.69) is 5.32 Å². The van der Waals surface area contributed by atoms with E-state index in [1.165, 1.54) is 27.4 Å². The van der Waals surface area contributed by atoms with E-state index in [0.717, 1.165) is 11.1 Å². The molecule has 2 heterocycles. The molecule has 170 valence electrons. The molecule has 4 rings (SSSR count). The van der Waals surface area contributed by atoms with Gasteiger partial charge in [0.2, 0.25) is 15.9 Å². The molecule has 10 heteroatoms. The van der Waals surface area contributed by atoms with E-state index in [4.69, 9.17) is 9.47 Å². The first-order valence-corrected chi connectivity index (χ1v) is 11.7. The van der Waals surface area contributed by atoms with Crippen molar-refractivity contribution in [3.8, 4) is 5.75 Å². The van der Waals surface area contributed by atoms with Crippen LogP contribution in [0.15, 0.2) is 41.3 Å². The summed E-state index contributed by atoms with van der Waals surface area (Å²) in [5, 5.41) is 2.86. The molecule has 1 fully saturated rings. The van der Waals surface area contributed by atoms with E-state index in [-0.39, 0.29) is 42.7 Å². The Morgan fingerprint density at radius 2 is 1.78 bits per heavy atom. The first-order valence-electron chi connectivity index (χ1n) is 10.3. The van der Waals surface area contributed by atoms with Crippen molar-refractivity contribution in [2.75, 3.05) is 49.7 Å². The van der Waals surface area contributed by atoms with Gasteiger partial charge in [0, 0.05) is 18.8 Å². The van der Waals surface area contributed by atoms with Gasteiger partial charge in [0.25, 0.3) is 5.91 Å². The number of sulfonamides is 1. The van der Waals surface area contributed by atoms with Crippen molar-refractivity contribution in [2.24, 2.45) is 0 Å². The molecule has 0 unspecified atom stereocenters. The predicted molar refractivity (Wildman–Crippen MR) is 118 cm³/mol. The van der Waals surface area contributed by atoms with Gasteiger partial charge in [-0.15, -0.1) is 0 Å². The SMILES string of the molecule is Cc1cccc(C)c1NC(=O)CN1C(=O)COc2ccc(S(=O)(=O)N3CCOCC3)cc21. The number of para-hydroxylation sites is 1. The largest absolute Gasteiger partial charge is 0.482 e. The van der Waals surface area contributed by atoms with Crippen molar-refractivity contribution >= 4 is 33.2 Å². The number of rotatable bonds is 5. The van der Waals surface area contributed by atoms with Gasteiger partial charge in [-0.3, -0.25) is 14.5 Å². The van der Waals surface area contributed by atoms with Crippen molar-refractivity contribution in [1.29, 1.82) is 0 Å². The highest BCUT2D eigenvalue weighted by atomic mass is 32.2. The Hall–Kier alpha value is -2.95. The number of anilines is 2. The maximum atomic E-state index is 13.0. The van der Waals surface area contributed by atoms with Crippen LogP contribution in [0.3, 0.4) is 0 Å². The Kier molecular flexibility index (Phi) is 6.18. The Morgan fingerprint density at radius 3 is 2.47 bits per heavy atom. The minimum Gasteiger partial charge on any atom is -0.482 e. The second kappa shape index (κ2) is 8.89. The fourth-order valence-corrected chi connectivity index (χ4v) is 5.21. The molecule has 2 aromatic rings. The molecule has 0 bridgehead atoms. The summed E-state index contributed by atoms with van der Waals surface area (Å²) in [6.45, 7) is 4.48. The highest BCUT2D eigenvalue weighted by Gasteiger charge is 2.32. The number of benzene rings is 2. The van der Waals surface area contributed by atoms with Crippen LogP contribution >= 0.6 is 0 Å². The number of carbonyl (C=O) groups excluding carboxylic acids is 2. The highest BCUT2D eigenvalue weighted by Crippen LogP contribution is 2.35. The molecule has 32 heavy (non-hydrogen) atoms. The number of nitrogens with one attached hydrogen (secondary N) is 1. The number of hydrogen-bond acceptors (Lipinski definition) is 6. The molecule has 0 aromatic heterocycles. The summed E-state index contributed by atoms with van der Waals surface area (Å²) in [5.74, 6) is -0.453. The van der Waals surface area contributed by atoms with Crippen LogP contribution in [0.5, 0.6) is 5.75 Å². The van der Waals surface area contributed by atoms with Crippen molar-refractivity contribution in [3.05, 3.63) is 47.5 Å². The lowest BCUT2D eigenvalue weighted by Crippen LogP contribution is -2.44. The molecular weight excluding hydrogens is 434 g/mol. The summed E-state index contributed by atoms with van der Waals surface area (Å²) >= 11 is 0. The third-order valence-electron chi connectivity index (χ3n) is 5.53. The lowest BCUT2D eigenvalue weighted by Gasteiger charge is -2.30. The van der Waals surface area contributed by atoms with Gasteiger partial charge in [0.15, 0.2) is 6.61 Å². The molecule has 0 saturated carbocycles. The molecule has 1 saturated heterocycles. The Labute approximate surface area is 187 Å². The van der Waals surface area contributed by atoms with Gasteiger partial charge in [-0.2, -0.15) is 4.31 Å². The second-order valence-corrected chi connectivity index (χ2v) is 9.67. The van der Waals surface area contributed by atoms with Crippen molar-refractivity contribution in [2.45, 2.75) is 18.7 Å². The summed E-state index contributed by atoms with van der Waals surface area (Å²) in [4.78, 5) is 26.7. The number of hydrogen-bond donors (Lipinski definition) is 1. The molecule has 0 atom stereocenters. The predicted octanol–water partition coefficient (Wildman–Crippen LogP) is 1.69. The summed E-state index contributed by atoms with van der Waals surface area (Å²) < 4.78 is 38.1. The number of fused-ring (bicyclic) bond motifs is 1. The van der Waals surface area contributed by atoms with Crippen LogP contribution in [0.4, 0.5) is 11.4 Å². The monoisotopic (exact) mass is 459 g/mol. The fourth-order valence-electron chi connectivity index (χ4n) is 3.79. The van der Waals surface area contributed by atoms with E-state index in [1.807, 2.05) is 32.0 Å². The first kappa shape index (κ1) is 22.3. The van der Waals surface area contributed by atoms with Crippen LogP contribution in [0.25, 0.3) is 0 Å². The summed E-state index contributed by atoms with van der Waals surface area (Å²) in [5.41, 5.74) is 2.77. The highest BCUT2D eigenvalue weighted by molar-refractivity contribution is 7.89. The standard InChI is InChI=1S/C22H25N3O6S/c1-15-4-3-5-16(2)22(15)23-20(26)13-25-18-12-17(6-7-19(18)31-14-21(25)27)32(28,29)24-8-10-30-11-9-24/h3-7,12H,8-11,13-14H2,1-2H3,(H,23,26). The van der Waals surface area contributed by atoms with Crippen LogP contribution in [-0.4, -0.2) is 64.0 Å². The summed E-state index contributed by atoms with van der Waals surface area (Å²) in [7, 11) is -3.77. The third kappa shape index (κ3) is 4.34. The zero-order valence-electron chi connectivity index (χ0n) is 18.0. The normalized spacial score (nSPS) is 16.9. The van der Waals surface area contributed by atoms with Gasteiger partial charge in [0.05, 0.1) is 23.8 Å². The first-order chi connectivity index (χ1) is 15.3. The van der Waals surface area contributed by atoms with E-state index in [0.29, 0.717) is 24.7 Å². The Morgan fingerprint density at radius 1 is 1.09 bits per heavy atom. The van der Waals surface area contributed by atoms with Gasteiger partial charge in [-0.1, -0.05) is 18.2 Å². The minimum atomic E-state index is -3.77. The van der Waals surface area contributed by atoms with Gasteiger partial charge in [-0.05, 0) is 43.2 Å². The van der Waals surface area contributed by atoms with Crippen LogP contribution in [0.2, 0.25) is 0 Å². The van der Waals surface area contributed by atoms with Crippen LogP contribution < -0.4 is 15.0 Å². The van der Waals surface area contributed by atoms with Gasteiger partial charge < -0.3 is 14.8 Å². The lowest BCUT2D eigenvalue weighted by atomic mass is 10.1. The maximum absolute atomic E-state index is 13.0. The molecule has 9 nitrogen and oxygen atoms in total. The second-order valence-electron chi connectivity index (χ2n) is 7.73. The van der Waals surface area contributed by atoms with E-state index in [9.17, 15) is 18.0 Å². The minimum absolute atomic E-state index is 0.0385. The smallest absolute Gasteiger partial charge is 0.265 e. The number of amides is 2. The zero-order chi connectivity index (χ0) is 22.9. The quantitative estimate of drug-likeness (QED) is 0.730. The number of aryl methyl sites for hydroxylation is 2. The van der Waals surface area contributed by atoms with E-state index in [1.54, 1.807) is 0 Å². The number of morpholine rings is 1. The fraction of sp³-hybridized carbons (Fsp3) is 0.364. The Bertz CT molecular complexity index is 1140. The van der Waals surface area contributed by atoms with E-state index < -0.39 is 15.9 Å². The topological polar surface area (TPSA) is 105 Å². The summed E-state index contributed by atoms with van der Waals surface area (Å²) in [6, 6.07) is 10.0. The molecule has 2 aromatic carbocycles. The molecular formula is C22H25N3O6S. The zero-order valence-corrected chi connectivity index (χ0v) is 18.8. The average molecular weight is 460 g/mol. The molecule has 1 N–H and O–H groups in total. The van der Waals surface area contributed by atoms with Gasteiger partial charge >= 0.3 is 0 Å². The molecule has 2 amide bonds. The Balaban J connectivity index is 1.60. The van der Waals surface area contributed by atoms with E-state index >= 15 is 0 Å². The third-order valence-corrected chi connectivity index (χ3v) is 7.42. The lowest BCUT2D eigenvalue weighted by molar-refractivity contribution is -0.123. The van der Waals surface area contributed by atoms with Crippen LogP contribution in [-0.2, 0) is 24.3 Å². The summed E-state index contributed by atoms with van der Waals surface area (Å²) in [6.07, 6.45) is 0. The molecule has 0 aliphatic carbocycles. The van der Waals surface area contributed by atoms with Gasteiger partial charge in [-0.25, -0.2) is 8.42 Å². The number of nitrogens with zero attached hydrogens (tertiary/aromatic N) is 2. The number of carbonyl (C=O) groups is 2. The van der Waals surface area contributed by atoms with Gasteiger partial charge in [0.1, 0.15) is 12.3 Å². The van der Waals surface area contributed by atoms with Crippen LogP contribution in [0, 0.1) is 13.8 Å². The molecule has 2 aliphatic rings. The van der Waals surface area contributed by atoms with Crippen LogP contribution in [0.1, 0.15) is 11.1 Å². The molecule has 0 spiro atoms. The number of ether oxygens (including phenoxy) is 2. The molecule has 0 radical (unpaired) electrons. The van der Waals surface area contributed by atoms with Crippen molar-refractivity contribution in [3.63, 3.8) is 0 Å².